The highest BCUT2D eigenvalue weighted by Gasteiger charge is 2.26. The zero-order valence-corrected chi connectivity index (χ0v) is 18.3. The normalized spacial score (nSPS) is 12.7. The van der Waals surface area contributed by atoms with Gasteiger partial charge in [0, 0.05) is 5.69 Å². The molecule has 32 heavy (non-hydrogen) atoms. The van der Waals surface area contributed by atoms with Crippen LogP contribution >= 0.6 is 0 Å². The van der Waals surface area contributed by atoms with Gasteiger partial charge in [-0.15, -0.1) is 0 Å². The molecule has 0 atom stereocenters. The summed E-state index contributed by atoms with van der Waals surface area (Å²) in [5, 5.41) is 2.84. The lowest BCUT2D eigenvalue weighted by molar-refractivity contribution is -0.121. The molecule has 1 aliphatic rings. The summed E-state index contributed by atoms with van der Waals surface area (Å²) in [5.74, 6) is 0.872. The number of hydrogen-bond acceptors (Lipinski definition) is 4. The van der Waals surface area contributed by atoms with Crippen molar-refractivity contribution in [3.8, 4) is 11.5 Å². The second kappa shape index (κ2) is 9.56. The van der Waals surface area contributed by atoms with Crippen LogP contribution in [0.1, 0.15) is 23.6 Å². The van der Waals surface area contributed by atoms with Gasteiger partial charge in [0.25, 0.3) is 11.8 Å². The fraction of sp³-hybridized carbons (Fsp3) is 0.231. The molecule has 3 aromatic rings. The van der Waals surface area contributed by atoms with Gasteiger partial charge >= 0.3 is 0 Å². The quantitative estimate of drug-likeness (QED) is 0.599. The first-order valence-corrected chi connectivity index (χ1v) is 10.7. The van der Waals surface area contributed by atoms with Crippen molar-refractivity contribution < 1.29 is 19.1 Å². The number of fused-ring (bicyclic) bond motifs is 1. The molecule has 0 saturated heterocycles. The van der Waals surface area contributed by atoms with E-state index in [2.05, 4.69) is 12.2 Å². The van der Waals surface area contributed by atoms with Crippen LogP contribution in [0.25, 0.3) is 0 Å². The van der Waals surface area contributed by atoms with Crippen molar-refractivity contribution in [1.82, 2.24) is 0 Å². The van der Waals surface area contributed by atoms with Crippen LogP contribution in [0, 0.1) is 6.92 Å². The third-order valence-electron chi connectivity index (χ3n) is 5.32. The van der Waals surface area contributed by atoms with Crippen molar-refractivity contribution in [1.29, 1.82) is 0 Å². The maximum Gasteiger partial charge on any atom is 0.265 e. The summed E-state index contributed by atoms with van der Waals surface area (Å²) in [4.78, 5) is 26.7. The van der Waals surface area contributed by atoms with E-state index in [-0.39, 0.29) is 25.0 Å². The lowest BCUT2D eigenvalue weighted by Crippen LogP contribution is -2.38. The van der Waals surface area contributed by atoms with E-state index in [0.717, 1.165) is 23.1 Å². The summed E-state index contributed by atoms with van der Waals surface area (Å²) in [7, 11) is 0. The number of ether oxygens (including phenoxy) is 2. The van der Waals surface area contributed by atoms with Gasteiger partial charge in [-0.1, -0.05) is 48.9 Å². The predicted molar refractivity (Wildman–Crippen MR) is 124 cm³/mol. The average molecular weight is 431 g/mol. The maximum atomic E-state index is 12.6. The number of aryl methyl sites for hydroxylation is 2. The number of amides is 2. The molecular weight excluding hydrogens is 404 g/mol. The SMILES string of the molecule is CCc1cccc(OCC(=O)Nc2ccc3c(c2)N(Cc2ccc(C)cc2)C(=O)CO3)c1. The summed E-state index contributed by atoms with van der Waals surface area (Å²) < 4.78 is 11.2. The van der Waals surface area contributed by atoms with Gasteiger partial charge in [0.15, 0.2) is 13.2 Å². The van der Waals surface area contributed by atoms with E-state index >= 15 is 0 Å². The fourth-order valence-electron chi connectivity index (χ4n) is 3.53. The predicted octanol–water partition coefficient (Wildman–Crippen LogP) is 4.50. The van der Waals surface area contributed by atoms with Crippen molar-refractivity contribution in [3.05, 3.63) is 83.4 Å². The summed E-state index contributed by atoms with van der Waals surface area (Å²) in [6.07, 6.45) is 0.901. The molecular formula is C26H26N2O4. The zero-order chi connectivity index (χ0) is 22.5. The van der Waals surface area contributed by atoms with Crippen molar-refractivity contribution >= 4 is 23.2 Å². The Bertz CT molecular complexity index is 1120. The molecule has 0 fully saturated rings. The molecule has 0 unspecified atom stereocenters. The van der Waals surface area contributed by atoms with Crippen LogP contribution in [-0.4, -0.2) is 25.0 Å². The van der Waals surface area contributed by atoms with Gasteiger partial charge in [-0.2, -0.15) is 0 Å². The second-order valence-corrected chi connectivity index (χ2v) is 7.77. The maximum absolute atomic E-state index is 12.6. The van der Waals surface area contributed by atoms with Crippen LogP contribution in [0.2, 0.25) is 0 Å². The number of benzene rings is 3. The highest BCUT2D eigenvalue weighted by molar-refractivity contribution is 5.99. The molecule has 4 rings (SSSR count). The number of rotatable bonds is 7. The Labute approximate surface area is 187 Å². The van der Waals surface area contributed by atoms with Crippen molar-refractivity contribution in [2.45, 2.75) is 26.8 Å². The minimum Gasteiger partial charge on any atom is -0.484 e. The molecule has 6 heteroatoms. The molecule has 3 aromatic carbocycles. The first-order chi connectivity index (χ1) is 15.5. The third-order valence-corrected chi connectivity index (χ3v) is 5.32. The molecule has 0 aromatic heterocycles. The van der Waals surface area contributed by atoms with Crippen LogP contribution in [0.3, 0.4) is 0 Å². The van der Waals surface area contributed by atoms with E-state index in [1.165, 1.54) is 0 Å². The number of carbonyl (C=O) groups excluding carboxylic acids is 2. The van der Waals surface area contributed by atoms with Gasteiger partial charge in [-0.25, -0.2) is 0 Å². The summed E-state index contributed by atoms with van der Waals surface area (Å²) >= 11 is 0. The van der Waals surface area contributed by atoms with Crippen molar-refractivity contribution in [3.63, 3.8) is 0 Å². The van der Waals surface area contributed by atoms with Crippen molar-refractivity contribution in [2.75, 3.05) is 23.4 Å². The molecule has 1 aliphatic heterocycles. The highest BCUT2D eigenvalue weighted by Crippen LogP contribution is 2.35. The number of hydrogen-bond donors (Lipinski definition) is 1. The minimum absolute atomic E-state index is 0.00473. The standard InChI is InChI=1S/C26H26N2O4/c1-3-19-5-4-6-22(13-19)31-16-25(29)27-21-11-12-24-23(14-21)28(26(30)17-32-24)15-20-9-7-18(2)8-10-20/h4-14H,3,15-17H2,1-2H3,(H,27,29). The van der Waals surface area contributed by atoms with Gasteiger partial charge in [-0.05, 0) is 54.8 Å². The molecule has 2 amide bonds. The van der Waals surface area contributed by atoms with Crippen LogP contribution in [-0.2, 0) is 22.6 Å². The van der Waals surface area contributed by atoms with E-state index < -0.39 is 0 Å². The van der Waals surface area contributed by atoms with Crippen molar-refractivity contribution in [2.24, 2.45) is 0 Å². The first-order valence-electron chi connectivity index (χ1n) is 10.7. The Morgan fingerprint density at radius 2 is 1.88 bits per heavy atom. The lowest BCUT2D eigenvalue weighted by Gasteiger charge is -2.30. The number of carbonyl (C=O) groups is 2. The summed E-state index contributed by atoms with van der Waals surface area (Å²) in [6.45, 7) is 4.42. The Hall–Kier alpha value is -3.80. The van der Waals surface area contributed by atoms with E-state index in [4.69, 9.17) is 9.47 Å². The largest absolute Gasteiger partial charge is 0.484 e. The lowest BCUT2D eigenvalue weighted by atomic mass is 10.1. The molecule has 0 bridgehead atoms. The van der Waals surface area contributed by atoms with Gasteiger partial charge in [0.2, 0.25) is 0 Å². The van der Waals surface area contributed by atoms with Gasteiger partial charge in [0.1, 0.15) is 11.5 Å². The zero-order valence-electron chi connectivity index (χ0n) is 18.3. The molecule has 0 radical (unpaired) electrons. The number of anilines is 2. The van der Waals surface area contributed by atoms with E-state index in [9.17, 15) is 9.59 Å². The molecule has 1 N–H and O–H groups in total. The molecule has 164 valence electrons. The Morgan fingerprint density at radius 3 is 2.66 bits per heavy atom. The van der Waals surface area contributed by atoms with Gasteiger partial charge in [0.05, 0.1) is 12.2 Å². The summed E-state index contributed by atoms with van der Waals surface area (Å²) in [6, 6.07) is 21.0. The Balaban J connectivity index is 1.45. The van der Waals surface area contributed by atoms with Gasteiger partial charge < -0.3 is 19.7 Å². The Morgan fingerprint density at radius 1 is 1.06 bits per heavy atom. The Kier molecular flexibility index (Phi) is 6.40. The summed E-state index contributed by atoms with van der Waals surface area (Å²) in [5.41, 5.74) is 4.55. The molecule has 0 aliphatic carbocycles. The molecule has 0 saturated carbocycles. The average Bonchev–Trinajstić information content (AvgIpc) is 2.81. The number of nitrogens with zero attached hydrogens (tertiary/aromatic N) is 1. The first kappa shape index (κ1) is 21.4. The molecule has 0 spiro atoms. The topological polar surface area (TPSA) is 67.9 Å². The monoisotopic (exact) mass is 430 g/mol. The smallest absolute Gasteiger partial charge is 0.265 e. The molecule has 1 heterocycles. The molecule has 6 nitrogen and oxygen atoms in total. The van der Waals surface area contributed by atoms with Crippen LogP contribution in [0.5, 0.6) is 11.5 Å². The van der Waals surface area contributed by atoms with Crippen LogP contribution in [0.15, 0.2) is 66.7 Å². The van der Waals surface area contributed by atoms with Crippen LogP contribution in [0.4, 0.5) is 11.4 Å². The van der Waals surface area contributed by atoms with E-state index in [1.54, 1.807) is 23.1 Å². The van der Waals surface area contributed by atoms with E-state index in [0.29, 0.717) is 29.4 Å². The fourth-order valence-corrected chi connectivity index (χ4v) is 3.53. The number of nitrogens with one attached hydrogen (secondary N) is 1. The highest BCUT2D eigenvalue weighted by atomic mass is 16.5. The van der Waals surface area contributed by atoms with E-state index in [1.807, 2.05) is 55.5 Å². The van der Waals surface area contributed by atoms with Crippen LogP contribution < -0.4 is 19.7 Å². The third kappa shape index (κ3) is 5.09. The van der Waals surface area contributed by atoms with Gasteiger partial charge in [-0.3, -0.25) is 9.59 Å². The second-order valence-electron chi connectivity index (χ2n) is 7.77. The minimum atomic E-state index is -0.278.